The first-order chi connectivity index (χ1) is 15.7. The highest BCUT2D eigenvalue weighted by atomic mass is 32.2. The normalized spacial score (nSPS) is 18.3. The summed E-state index contributed by atoms with van der Waals surface area (Å²) in [5, 5.41) is 0. The van der Waals surface area contributed by atoms with Crippen LogP contribution in [-0.4, -0.2) is 23.3 Å². The van der Waals surface area contributed by atoms with Crippen LogP contribution in [-0.2, 0) is 19.1 Å². The number of furan rings is 1. The number of hydrogen-bond acceptors (Lipinski definition) is 7. The molecule has 0 aliphatic carbocycles. The molecular weight excluding hydrogens is 440 g/mol. The minimum Gasteiger partial charge on any atom is -0.461 e. The summed E-state index contributed by atoms with van der Waals surface area (Å²) in [6.45, 7) is 5.23. The van der Waals surface area contributed by atoms with Gasteiger partial charge in [-0.25, -0.2) is 4.79 Å². The monoisotopic (exact) mass is 464 g/mol. The Balaban J connectivity index is 1.87. The number of hydrogen-bond donors (Lipinski definition) is 0. The number of benzene rings is 2. The van der Waals surface area contributed by atoms with E-state index in [4.69, 9.17) is 13.9 Å². The van der Waals surface area contributed by atoms with Crippen molar-refractivity contribution in [2.45, 2.75) is 42.4 Å². The average Bonchev–Trinajstić information content (AvgIpc) is 3.39. The standard InChI is InChI=1S/C26H24O6S/c1-25(2,3)32-23(28)19(16-20(27)22-14-9-15-30-22)26(33-17-10-5-4-6-11-17)18-12-7-8-13-21(18)31-24(26)29/h4-15,19H,16H2,1-3H3. The van der Waals surface area contributed by atoms with Gasteiger partial charge >= 0.3 is 11.9 Å². The predicted molar refractivity (Wildman–Crippen MR) is 123 cm³/mol. The molecule has 0 amide bonds. The molecule has 0 radical (unpaired) electrons. The summed E-state index contributed by atoms with van der Waals surface area (Å²) in [5.74, 6) is -2.34. The second-order valence-electron chi connectivity index (χ2n) is 8.73. The highest BCUT2D eigenvalue weighted by Gasteiger charge is 2.59. The van der Waals surface area contributed by atoms with Gasteiger partial charge in [-0.2, -0.15) is 0 Å². The smallest absolute Gasteiger partial charge is 0.333 e. The van der Waals surface area contributed by atoms with Crippen LogP contribution in [0, 0.1) is 5.92 Å². The number of thioether (sulfide) groups is 1. The first-order valence-corrected chi connectivity index (χ1v) is 11.4. The van der Waals surface area contributed by atoms with E-state index < -0.39 is 34.0 Å². The fraction of sp³-hybridized carbons (Fsp3) is 0.269. The Morgan fingerprint density at radius 2 is 1.70 bits per heavy atom. The van der Waals surface area contributed by atoms with Crippen molar-refractivity contribution in [3.8, 4) is 5.75 Å². The summed E-state index contributed by atoms with van der Waals surface area (Å²) in [5.41, 5.74) is -0.282. The van der Waals surface area contributed by atoms with Crippen molar-refractivity contribution in [1.29, 1.82) is 0 Å². The third-order valence-electron chi connectivity index (χ3n) is 5.18. The zero-order valence-corrected chi connectivity index (χ0v) is 19.4. The Morgan fingerprint density at radius 3 is 2.36 bits per heavy atom. The van der Waals surface area contributed by atoms with Gasteiger partial charge in [-0.1, -0.05) is 36.4 Å². The molecule has 170 valence electrons. The first kappa shape index (κ1) is 22.9. The third-order valence-corrected chi connectivity index (χ3v) is 6.68. The molecule has 0 saturated heterocycles. The van der Waals surface area contributed by atoms with Gasteiger partial charge in [0.05, 0.1) is 12.2 Å². The summed E-state index contributed by atoms with van der Waals surface area (Å²) < 4.78 is 15.1. The van der Waals surface area contributed by atoms with Crippen LogP contribution in [0.4, 0.5) is 0 Å². The quantitative estimate of drug-likeness (QED) is 0.262. The van der Waals surface area contributed by atoms with E-state index in [1.165, 1.54) is 24.1 Å². The van der Waals surface area contributed by atoms with E-state index >= 15 is 0 Å². The van der Waals surface area contributed by atoms with Gasteiger partial charge in [-0.15, -0.1) is 11.8 Å². The molecule has 0 saturated carbocycles. The van der Waals surface area contributed by atoms with Crippen molar-refractivity contribution in [3.05, 3.63) is 84.3 Å². The van der Waals surface area contributed by atoms with E-state index in [0.717, 1.165) is 4.90 Å². The Kier molecular flexibility index (Phi) is 6.17. The van der Waals surface area contributed by atoms with E-state index in [2.05, 4.69) is 0 Å². The van der Waals surface area contributed by atoms with E-state index in [1.807, 2.05) is 30.3 Å². The molecule has 1 aromatic heterocycles. The Bertz CT molecular complexity index is 1160. The second-order valence-corrected chi connectivity index (χ2v) is 10.0. The maximum absolute atomic E-state index is 13.6. The highest BCUT2D eigenvalue weighted by molar-refractivity contribution is 8.01. The number of fused-ring (bicyclic) bond motifs is 1. The molecule has 2 heterocycles. The molecular formula is C26H24O6S. The zero-order valence-electron chi connectivity index (χ0n) is 18.6. The molecule has 0 fully saturated rings. The number of carbonyl (C=O) groups is 3. The molecule has 1 aliphatic rings. The number of ketones is 1. The molecule has 2 atom stereocenters. The summed E-state index contributed by atoms with van der Waals surface area (Å²) in [4.78, 5) is 41.0. The molecule has 2 aromatic carbocycles. The topological polar surface area (TPSA) is 82.8 Å². The van der Waals surface area contributed by atoms with Crippen molar-refractivity contribution >= 4 is 29.5 Å². The maximum atomic E-state index is 13.6. The molecule has 7 heteroatoms. The Labute approximate surface area is 196 Å². The fourth-order valence-corrected chi connectivity index (χ4v) is 5.20. The van der Waals surface area contributed by atoms with Crippen LogP contribution in [0.2, 0.25) is 0 Å². The van der Waals surface area contributed by atoms with Gasteiger partial charge in [0.25, 0.3) is 0 Å². The van der Waals surface area contributed by atoms with Crippen molar-refractivity contribution in [2.75, 3.05) is 0 Å². The molecule has 1 aliphatic heterocycles. The number of rotatable bonds is 7. The molecule has 2 unspecified atom stereocenters. The molecule has 33 heavy (non-hydrogen) atoms. The van der Waals surface area contributed by atoms with Crippen LogP contribution in [0.25, 0.3) is 0 Å². The third kappa shape index (κ3) is 4.59. The fourth-order valence-electron chi connectivity index (χ4n) is 3.81. The molecule has 3 aromatic rings. The number of para-hydroxylation sites is 1. The van der Waals surface area contributed by atoms with Gasteiger partial charge in [0.15, 0.2) is 16.3 Å². The summed E-state index contributed by atoms with van der Waals surface area (Å²) >= 11 is 1.19. The lowest BCUT2D eigenvalue weighted by atomic mass is 9.82. The summed E-state index contributed by atoms with van der Waals surface area (Å²) in [7, 11) is 0. The van der Waals surface area contributed by atoms with Crippen molar-refractivity contribution < 1.29 is 28.3 Å². The van der Waals surface area contributed by atoms with Gasteiger partial charge in [0.2, 0.25) is 0 Å². The van der Waals surface area contributed by atoms with Crippen LogP contribution in [0.15, 0.2) is 82.3 Å². The minimum absolute atomic E-state index is 0.114. The van der Waals surface area contributed by atoms with E-state index in [-0.39, 0.29) is 12.2 Å². The van der Waals surface area contributed by atoms with Crippen LogP contribution < -0.4 is 4.74 Å². The van der Waals surface area contributed by atoms with Crippen LogP contribution >= 0.6 is 11.8 Å². The molecule has 6 nitrogen and oxygen atoms in total. The average molecular weight is 465 g/mol. The Morgan fingerprint density at radius 1 is 1.00 bits per heavy atom. The van der Waals surface area contributed by atoms with Crippen LogP contribution in [0.1, 0.15) is 43.3 Å². The number of carbonyl (C=O) groups excluding carboxylic acids is 3. The molecule has 0 bridgehead atoms. The summed E-state index contributed by atoms with van der Waals surface area (Å²) in [6, 6.07) is 19.4. The van der Waals surface area contributed by atoms with E-state index in [0.29, 0.717) is 11.3 Å². The van der Waals surface area contributed by atoms with Gasteiger partial charge in [-0.3, -0.25) is 9.59 Å². The molecule has 0 N–H and O–H groups in total. The molecule has 0 spiro atoms. The zero-order chi connectivity index (χ0) is 23.6. The lowest BCUT2D eigenvalue weighted by Crippen LogP contribution is -2.45. The van der Waals surface area contributed by atoms with Gasteiger partial charge in [0, 0.05) is 16.9 Å². The van der Waals surface area contributed by atoms with Gasteiger partial charge in [0.1, 0.15) is 11.4 Å². The lowest BCUT2D eigenvalue weighted by molar-refractivity contribution is -0.163. The maximum Gasteiger partial charge on any atom is 0.333 e. The first-order valence-electron chi connectivity index (χ1n) is 10.6. The largest absolute Gasteiger partial charge is 0.461 e. The van der Waals surface area contributed by atoms with E-state index in [1.54, 1.807) is 51.1 Å². The van der Waals surface area contributed by atoms with Crippen LogP contribution in [0.5, 0.6) is 5.75 Å². The van der Waals surface area contributed by atoms with Crippen molar-refractivity contribution in [2.24, 2.45) is 5.92 Å². The van der Waals surface area contributed by atoms with Crippen molar-refractivity contribution in [1.82, 2.24) is 0 Å². The highest BCUT2D eigenvalue weighted by Crippen LogP contribution is 2.56. The Hall–Kier alpha value is -3.32. The van der Waals surface area contributed by atoms with E-state index in [9.17, 15) is 14.4 Å². The minimum atomic E-state index is -1.51. The van der Waals surface area contributed by atoms with Gasteiger partial charge in [-0.05, 0) is 51.1 Å². The second kappa shape index (κ2) is 8.90. The SMILES string of the molecule is CC(C)(C)OC(=O)C(CC(=O)c1ccco1)C1(Sc2ccccc2)C(=O)Oc2ccccc21. The lowest BCUT2D eigenvalue weighted by Gasteiger charge is -2.34. The van der Waals surface area contributed by atoms with Crippen molar-refractivity contribution in [3.63, 3.8) is 0 Å². The van der Waals surface area contributed by atoms with Gasteiger partial charge < -0.3 is 13.9 Å². The molecule has 4 rings (SSSR count). The predicted octanol–water partition coefficient (Wildman–Crippen LogP) is 5.42. The summed E-state index contributed by atoms with van der Waals surface area (Å²) in [6.07, 6.45) is 1.11. The number of ether oxygens (including phenoxy) is 2. The number of esters is 2. The van der Waals surface area contributed by atoms with Crippen LogP contribution in [0.3, 0.4) is 0 Å². The number of Topliss-reactive ketones (excluding diaryl/α,β-unsaturated/α-hetero) is 1.